The molecular weight excluding hydrogens is 183 g/mol. The first-order chi connectivity index (χ1) is 6.68. The van der Waals surface area contributed by atoms with Crippen molar-refractivity contribution in [2.75, 3.05) is 5.73 Å². The van der Waals surface area contributed by atoms with Crippen LogP contribution < -0.4 is 5.73 Å². The quantitative estimate of drug-likeness (QED) is 0.740. The molecule has 0 amide bonds. The monoisotopic (exact) mass is 192 g/mol. The normalized spacial score (nSPS) is 10.4. The molecule has 0 aliphatic rings. The molecule has 1 aromatic heterocycles. The molecule has 0 bridgehead atoms. The number of nitrogen functional groups attached to an aromatic ring is 1. The van der Waals surface area contributed by atoms with Crippen LogP contribution in [0.2, 0.25) is 0 Å². The van der Waals surface area contributed by atoms with Crippen LogP contribution in [0.25, 0.3) is 5.69 Å². The fourth-order valence-corrected chi connectivity index (χ4v) is 1.14. The number of halogens is 1. The standard InChI is InChI=1S/C9H9FN4/c1-6-9(11)14(13-12-6)8-4-2-7(10)3-5-8/h2-5H,11H2,1H3. The Hall–Kier alpha value is -1.91. The summed E-state index contributed by atoms with van der Waals surface area (Å²) in [6, 6.07) is 5.90. The van der Waals surface area contributed by atoms with Gasteiger partial charge in [0.05, 0.1) is 5.69 Å². The molecule has 2 N–H and O–H groups in total. The summed E-state index contributed by atoms with van der Waals surface area (Å²) in [7, 11) is 0. The fourth-order valence-electron chi connectivity index (χ4n) is 1.14. The van der Waals surface area contributed by atoms with E-state index in [1.165, 1.54) is 16.8 Å². The minimum Gasteiger partial charge on any atom is -0.382 e. The van der Waals surface area contributed by atoms with Gasteiger partial charge in [-0.2, -0.15) is 4.68 Å². The van der Waals surface area contributed by atoms with Crippen LogP contribution in [0.5, 0.6) is 0 Å². The van der Waals surface area contributed by atoms with Gasteiger partial charge in [-0.1, -0.05) is 5.21 Å². The summed E-state index contributed by atoms with van der Waals surface area (Å²) in [5, 5.41) is 7.64. The Morgan fingerprint density at radius 1 is 1.29 bits per heavy atom. The van der Waals surface area contributed by atoms with Crippen LogP contribution in [0.15, 0.2) is 24.3 Å². The van der Waals surface area contributed by atoms with Gasteiger partial charge in [-0.05, 0) is 31.2 Å². The van der Waals surface area contributed by atoms with Gasteiger partial charge in [0.25, 0.3) is 0 Å². The summed E-state index contributed by atoms with van der Waals surface area (Å²) in [5.41, 5.74) is 7.08. The Labute approximate surface area is 80.2 Å². The van der Waals surface area contributed by atoms with E-state index in [0.29, 0.717) is 17.2 Å². The van der Waals surface area contributed by atoms with Crippen molar-refractivity contribution in [2.24, 2.45) is 0 Å². The topological polar surface area (TPSA) is 56.7 Å². The minimum absolute atomic E-state index is 0.288. The molecule has 72 valence electrons. The lowest BCUT2D eigenvalue weighted by Gasteiger charge is -2.01. The van der Waals surface area contributed by atoms with Crippen molar-refractivity contribution in [3.05, 3.63) is 35.8 Å². The number of benzene rings is 1. The first kappa shape index (κ1) is 8.68. The third-order valence-corrected chi connectivity index (χ3v) is 1.95. The molecule has 1 heterocycles. The number of hydrogen-bond acceptors (Lipinski definition) is 3. The van der Waals surface area contributed by atoms with Gasteiger partial charge >= 0.3 is 0 Å². The number of aromatic nitrogens is 3. The highest BCUT2D eigenvalue weighted by molar-refractivity contribution is 5.43. The molecule has 0 spiro atoms. The van der Waals surface area contributed by atoms with E-state index < -0.39 is 0 Å². The molecule has 1 aromatic carbocycles. The second-order valence-corrected chi connectivity index (χ2v) is 2.95. The summed E-state index contributed by atoms with van der Waals surface area (Å²) in [4.78, 5) is 0. The second-order valence-electron chi connectivity index (χ2n) is 2.95. The molecule has 0 saturated carbocycles. The largest absolute Gasteiger partial charge is 0.382 e. The number of nitrogens with zero attached hydrogens (tertiary/aromatic N) is 3. The predicted molar refractivity (Wildman–Crippen MR) is 50.5 cm³/mol. The molecular formula is C9H9FN4. The van der Waals surface area contributed by atoms with Crippen molar-refractivity contribution in [1.29, 1.82) is 0 Å². The van der Waals surface area contributed by atoms with Crippen LogP contribution in [0.1, 0.15) is 5.69 Å². The fraction of sp³-hybridized carbons (Fsp3) is 0.111. The molecule has 4 nitrogen and oxygen atoms in total. The lowest BCUT2D eigenvalue weighted by molar-refractivity contribution is 0.627. The van der Waals surface area contributed by atoms with Crippen molar-refractivity contribution < 1.29 is 4.39 Å². The third-order valence-electron chi connectivity index (χ3n) is 1.95. The maximum Gasteiger partial charge on any atom is 0.150 e. The van der Waals surface area contributed by atoms with E-state index in [4.69, 9.17) is 5.73 Å². The van der Waals surface area contributed by atoms with Crippen LogP contribution in [0.4, 0.5) is 10.2 Å². The Morgan fingerprint density at radius 2 is 1.93 bits per heavy atom. The van der Waals surface area contributed by atoms with E-state index in [1.54, 1.807) is 19.1 Å². The Morgan fingerprint density at radius 3 is 2.43 bits per heavy atom. The molecule has 14 heavy (non-hydrogen) atoms. The Kier molecular flexibility index (Phi) is 1.92. The van der Waals surface area contributed by atoms with Gasteiger partial charge in [-0.15, -0.1) is 5.10 Å². The van der Waals surface area contributed by atoms with E-state index in [0.717, 1.165) is 0 Å². The maximum atomic E-state index is 12.6. The number of rotatable bonds is 1. The van der Waals surface area contributed by atoms with Gasteiger partial charge in [0.1, 0.15) is 11.5 Å². The smallest absolute Gasteiger partial charge is 0.150 e. The van der Waals surface area contributed by atoms with Crippen LogP contribution in [0, 0.1) is 12.7 Å². The number of hydrogen-bond donors (Lipinski definition) is 1. The average molecular weight is 192 g/mol. The van der Waals surface area contributed by atoms with E-state index in [9.17, 15) is 4.39 Å². The van der Waals surface area contributed by atoms with Crippen molar-refractivity contribution in [3.8, 4) is 5.69 Å². The highest BCUT2D eigenvalue weighted by Gasteiger charge is 2.06. The highest BCUT2D eigenvalue weighted by atomic mass is 19.1. The summed E-state index contributed by atoms with van der Waals surface area (Å²) in [6.07, 6.45) is 0. The van der Waals surface area contributed by atoms with Crippen LogP contribution >= 0.6 is 0 Å². The Balaban J connectivity index is 2.49. The molecule has 0 fully saturated rings. The molecule has 0 aliphatic carbocycles. The zero-order valence-electron chi connectivity index (χ0n) is 7.61. The number of aryl methyl sites for hydroxylation is 1. The van der Waals surface area contributed by atoms with Gasteiger partial charge in [-0.3, -0.25) is 0 Å². The molecule has 2 rings (SSSR count). The molecule has 0 aliphatic heterocycles. The van der Waals surface area contributed by atoms with E-state index >= 15 is 0 Å². The molecule has 5 heteroatoms. The summed E-state index contributed by atoms with van der Waals surface area (Å²) < 4.78 is 14.1. The van der Waals surface area contributed by atoms with Gasteiger partial charge in [0.15, 0.2) is 5.82 Å². The minimum atomic E-state index is -0.288. The summed E-state index contributed by atoms with van der Waals surface area (Å²) >= 11 is 0. The van der Waals surface area contributed by atoms with Crippen molar-refractivity contribution in [1.82, 2.24) is 15.0 Å². The average Bonchev–Trinajstić information content (AvgIpc) is 2.50. The lowest BCUT2D eigenvalue weighted by atomic mass is 10.3. The van der Waals surface area contributed by atoms with Gasteiger partial charge in [-0.25, -0.2) is 4.39 Å². The molecule has 0 unspecified atom stereocenters. The van der Waals surface area contributed by atoms with E-state index in [1.807, 2.05) is 0 Å². The summed E-state index contributed by atoms with van der Waals surface area (Å²) in [5.74, 6) is 0.181. The van der Waals surface area contributed by atoms with Crippen LogP contribution in [0.3, 0.4) is 0 Å². The Bertz CT molecular complexity index is 446. The summed E-state index contributed by atoms with van der Waals surface area (Å²) in [6.45, 7) is 1.77. The predicted octanol–water partition coefficient (Wildman–Crippen LogP) is 1.30. The molecule has 0 atom stereocenters. The molecule has 0 saturated heterocycles. The number of anilines is 1. The van der Waals surface area contributed by atoms with Gasteiger partial charge in [0.2, 0.25) is 0 Å². The van der Waals surface area contributed by atoms with Crippen molar-refractivity contribution in [3.63, 3.8) is 0 Å². The highest BCUT2D eigenvalue weighted by Crippen LogP contribution is 2.13. The molecule has 2 aromatic rings. The SMILES string of the molecule is Cc1nnn(-c2ccc(F)cc2)c1N. The third kappa shape index (κ3) is 1.32. The molecule has 0 radical (unpaired) electrons. The lowest BCUT2D eigenvalue weighted by Crippen LogP contribution is -2.02. The zero-order valence-corrected chi connectivity index (χ0v) is 7.61. The van der Waals surface area contributed by atoms with Crippen molar-refractivity contribution in [2.45, 2.75) is 6.92 Å². The second kappa shape index (κ2) is 3.10. The first-order valence-electron chi connectivity index (χ1n) is 4.12. The van der Waals surface area contributed by atoms with E-state index in [-0.39, 0.29) is 5.82 Å². The van der Waals surface area contributed by atoms with Crippen LogP contribution in [-0.4, -0.2) is 15.0 Å². The van der Waals surface area contributed by atoms with Gasteiger partial charge in [0, 0.05) is 0 Å². The van der Waals surface area contributed by atoms with Crippen LogP contribution in [-0.2, 0) is 0 Å². The van der Waals surface area contributed by atoms with E-state index in [2.05, 4.69) is 10.3 Å². The van der Waals surface area contributed by atoms with Crippen molar-refractivity contribution >= 4 is 5.82 Å². The zero-order chi connectivity index (χ0) is 10.1. The maximum absolute atomic E-state index is 12.6. The first-order valence-corrected chi connectivity index (χ1v) is 4.12. The van der Waals surface area contributed by atoms with Gasteiger partial charge < -0.3 is 5.73 Å². The number of nitrogens with two attached hydrogens (primary N) is 1.